The molecule has 0 atom stereocenters. The molecule has 0 spiro atoms. The summed E-state index contributed by atoms with van der Waals surface area (Å²) >= 11 is 0. The first-order valence-electron chi connectivity index (χ1n) is 8.03. The van der Waals surface area contributed by atoms with E-state index in [4.69, 9.17) is 5.73 Å². The molecule has 0 saturated heterocycles. The Morgan fingerprint density at radius 1 is 1.38 bits per heavy atom. The molecule has 1 aromatic rings. The number of hydrogen-bond donors (Lipinski definition) is 2. The summed E-state index contributed by atoms with van der Waals surface area (Å²) in [5.41, 5.74) is 7.51. The number of para-hydroxylation sites is 1. The summed E-state index contributed by atoms with van der Waals surface area (Å²) in [5.74, 6) is 0.925. The Labute approximate surface area is 127 Å². The third-order valence-electron chi connectivity index (χ3n) is 4.35. The minimum atomic E-state index is 0.0722. The molecule has 0 aromatic heterocycles. The number of anilines is 1. The summed E-state index contributed by atoms with van der Waals surface area (Å²) in [6.07, 6.45) is 4.62. The van der Waals surface area contributed by atoms with Crippen LogP contribution in [0.15, 0.2) is 24.3 Å². The number of carbonyl (C=O) groups is 1. The molecular weight excluding hydrogens is 262 g/mol. The largest absolute Gasteiger partial charge is 0.326 e. The lowest BCUT2D eigenvalue weighted by molar-refractivity contribution is -0.116. The van der Waals surface area contributed by atoms with E-state index in [1.807, 2.05) is 24.3 Å². The van der Waals surface area contributed by atoms with Gasteiger partial charge in [0.1, 0.15) is 0 Å². The fourth-order valence-electron chi connectivity index (χ4n) is 2.71. The van der Waals surface area contributed by atoms with Crippen LogP contribution in [-0.4, -0.2) is 30.4 Å². The van der Waals surface area contributed by atoms with Gasteiger partial charge in [0.2, 0.25) is 5.91 Å². The number of nitrogens with one attached hydrogen (secondary N) is 1. The Hall–Kier alpha value is -1.39. The normalized spacial score (nSPS) is 15.0. The lowest BCUT2D eigenvalue weighted by Gasteiger charge is -2.31. The van der Waals surface area contributed by atoms with Crippen LogP contribution in [0.1, 0.15) is 38.2 Å². The Morgan fingerprint density at radius 2 is 2.14 bits per heavy atom. The van der Waals surface area contributed by atoms with Gasteiger partial charge in [-0.2, -0.15) is 0 Å². The summed E-state index contributed by atoms with van der Waals surface area (Å²) in [6, 6.07) is 7.72. The standard InChI is InChI=1S/C17H27N3O/c1-2-20(13-14-6-5-7-14)11-10-17(21)19-16-9-4-3-8-15(16)12-18/h3-4,8-9,14H,2,5-7,10-13,18H2,1H3,(H,19,21). The molecule has 1 saturated carbocycles. The van der Waals surface area contributed by atoms with Crippen molar-refractivity contribution < 1.29 is 4.79 Å². The van der Waals surface area contributed by atoms with E-state index >= 15 is 0 Å². The predicted molar refractivity (Wildman–Crippen MR) is 87.0 cm³/mol. The Kier molecular flexibility index (Phi) is 6.21. The van der Waals surface area contributed by atoms with Gasteiger partial charge in [-0.1, -0.05) is 31.5 Å². The number of hydrogen-bond acceptors (Lipinski definition) is 3. The number of nitrogens with zero attached hydrogens (tertiary/aromatic N) is 1. The first kappa shape index (κ1) is 16.0. The quantitative estimate of drug-likeness (QED) is 0.773. The smallest absolute Gasteiger partial charge is 0.225 e. The van der Waals surface area contributed by atoms with Gasteiger partial charge >= 0.3 is 0 Å². The maximum atomic E-state index is 12.1. The molecule has 0 heterocycles. The molecule has 4 heteroatoms. The van der Waals surface area contributed by atoms with Gasteiger partial charge in [0.15, 0.2) is 0 Å². The van der Waals surface area contributed by atoms with E-state index in [1.54, 1.807) is 0 Å². The molecule has 0 radical (unpaired) electrons. The molecule has 21 heavy (non-hydrogen) atoms. The monoisotopic (exact) mass is 289 g/mol. The second-order valence-corrected chi connectivity index (χ2v) is 5.85. The van der Waals surface area contributed by atoms with Crippen molar-refractivity contribution in [3.05, 3.63) is 29.8 Å². The Balaban J connectivity index is 1.77. The number of benzene rings is 1. The van der Waals surface area contributed by atoms with Crippen LogP contribution in [0.3, 0.4) is 0 Å². The van der Waals surface area contributed by atoms with Crippen molar-refractivity contribution in [3.8, 4) is 0 Å². The van der Waals surface area contributed by atoms with E-state index in [2.05, 4.69) is 17.1 Å². The van der Waals surface area contributed by atoms with E-state index in [0.717, 1.165) is 36.8 Å². The van der Waals surface area contributed by atoms with Crippen molar-refractivity contribution in [3.63, 3.8) is 0 Å². The highest BCUT2D eigenvalue weighted by Gasteiger charge is 2.20. The van der Waals surface area contributed by atoms with Crippen LogP contribution in [0.25, 0.3) is 0 Å². The van der Waals surface area contributed by atoms with Crippen LogP contribution in [-0.2, 0) is 11.3 Å². The fourth-order valence-corrected chi connectivity index (χ4v) is 2.71. The van der Waals surface area contributed by atoms with Gasteiger partial charge in [-0.25, -0.2) is 0 Å². The molecule has 1 aromatic carbocycles. The van der Waals surface area contributed by atoms with Gasteiger partial charge in [-0.05, 0) is 36.9 Å². The van der Waals surface area contributed by atoms with Crippen LogP contribution in [0.2, 0.25) is 0 Å². The number of rotatable bonds is 8. The molecule has 1 aliphatic carbocycles. The molecule has 1 fully saturated rings. The summed E-state index contributed by atoms with van der Waals surface area (Å²) in [4.78, 5) is 14.5. The van der Waals surface area contributed by atoms with Gasteiger partial charge in [0.25, 0.3) is 0 Å². The molecule has 2 rings (SSSR count). The maximum Gasteiger partial charge on any atom is 0.225 e. The van der Waals surface area contributed by atoms with Crippen molar-refractivity contribution in [1.82, 2.24) is 4.90 Å². The number of amides is 1. The number of carbonyl (C=O) groups excluding carboxylic acids is 1. The molecule has 3 N–H and O–H groups in total. The van der Waals surface area contributed by atoms with E-state index in [9.17, 15) is 4.79 Å². The molecule has 116 valence electrons. The van der Waals surface area contributed by atoms with Crippen LogP contribution in [0, 0.1) is 5.92 Å². The summed E-state index contributed by atoms with van der Waals surface area (Å²) in [7, 11) is 0. The highest BCUT2D eigenvalue weighted by atomic mass is 16.1. The molecule has 1 amide bonds. The minimum Gasteiger partial charge on any atom is -0.326 e. The van der Waals surface area contributed by atoms with Gasteiger partial charge in [0.05, 0.1) is 0 Å². The highest BCUT2D eigenvalue weighted by Crippen LogP contribution is 2.27. The summed E-state index contributed by atoms with van der Waals surface area (Å²) < 4.78 is 0. The zero-order valence-corrected chi connectivity index (χ0v) is 13.0. The van der Waals surface area contributed by atoms with Crippen molar-refractivity contribution in [2.45, 2.75) is 39.2 Å². The third kappa shape index (κ3) is 4.83. The molecule has 4 nitrogen and oxygen atoms in total. The van der Waals surface area contributed by atoms with Crippen LogP contribution < -0.4 is 11.1 Å². The lowest BCUT2D eigenvalue weighted by atomic mass is 9.85. The van der Waals surface area contributed by atoms with Crippen LogP contribution >= 0.6 is 0 Å². The minimum absolute atomic E-state index is 0.0722. The van der Waals surface area contributed by atoms with E-state index in [1.165, 1.54) is 19.3 Å². The zero-order chi connectivity index (χ0) is 15.1. The molecule has 0 bridgehead atoms. The van der Waals surface area contributed by atoms with E-state index in [-0.39, 0.29) is 5.91 Å². The topological polar surface area (TPSA) is 58.4 Å². The molecule has 0 unspecified atom stereocenters. The van der Waals surface area contributed by atoms with Gasteiger partial charge in [-0.3, -0.25) is 4.79 Å². The van der Waals surface area contributed by atoms with E-state index < -0.39 is 0 Å². The molecule has 0 aliphatic heterocycles. The first-order chi connectivity index (χ1) is 10.2. The summed E-state index contributed by atoms with van der Waals surface area (Å²) in [6.45, 7) is 5.61. The summed E-state index contributed by atoms with van der Waals surface area (Å²) in [5, 5.41) is 2.98. The zero-order valence-electron chi connectivity index (χ0n) is 13.0. The maximum absolute atomic E-state index is 12.1. The predicted octanol–water partition coefficient (Wildman–Crippen LogP) is 2.60. The van der Waals surface area contributed by atoms with Crippen molar-refractivity contribution >= 4 is 11.6 Å². The number of nitrogens with two attached hydrogens (primary N) is 1. The average Bonchev–Trinajstić information content (AvgIpc) is 2.46. The fraction of sp³-hybridized carbons (Fsp3) is 0.588. The van der Waals surface area contributed by atoms with Gasteiger partial charge in [0, 0.05) is 31.7 Å². The SMILES string of the molecule is CCN(CCC(=O)Nc1ccccc1CN)CC1CCC1. The van der Waals surface area contributed by atoms with Crippen molar-refractivity contribution in [2.75, 3.05) is 25.0 Å². The third-order valence-corrected chi connectivity index (χ3v) is 4.35. The first-order valence-corrected chi connectivity index (χ1v) is 8.03. The van der Waals surface area contributed by atoms with Crippen molar-refractivity contribution in [1.29, 1.82) is 0 Å². The lowest BCUT2D eigenvalue weighted by Crippen LogP contribution is -2.34. The van der Waals surface area contributed by atoms with Gasteiger partial charge in [-0.15, -0.1) is 0 Å². The Bertz CT molecular complexity index is 457. The van der Waals surface area contributed by atoms with Gasteiger partial charge < -0.3 is 16.0 Å². The highest BCUT2D eigenvalue weighted by molar-refractivity contribution is 5.91. The van der Waals surface area contributed by atoms with Crippen molar-refractivity contribution in [2.24, 2.45) is 11.7 Å². The Morgan fingerprint density at radius 3 is 2.76 bits per heavy atom. The molecular formula is C17H27N3O. The second-order valence-electron chi connectivity index (χ2n) is 5.85. The second kappa shape index (κ2) is 8.15. The molecule has 1 aliphatic rings. The van der Waals surface area contributed by atoms with E-state index in [0.29, 0.717) is 13.0 Å². The van der Waals surface area contributed by atoms with Crippen LogP contribution in [0.4, 0.5) is 5.69 Å². The average molecular weight is 289 g/mol. The van der Waals surface area contributed by atoms with Crippen LogP contribution in [0.5, 0.6) is 0 Å².